The molecule has 0 aromatic heterocycles. The van der Waals surface area contributed by atoms with E-state index in [0.717, 1.165) is 16.3 Å². The molecule has 1 atom stereocenters. The van der Waals surface area contributed by atoms with Crippen molar-refractivity contribution >= 4 is 27.5 Å². The molecule has 15 heavy (non-hydrogen) atoms. The van der Waals surface area contributed by atoms with Crippen LogP contribution in [0, 0.1) is 5.92 Å². The zero-order chi connectivity index (χ0) is 11.3. The van der Waals surface area contributed by atoms with E-state index < -0.39 is 0 Å². The lowest BCUT2D eigenvalue weighted by Crippen LogP contribution is -2.02. The van der Waals surface area contributed by atoms with Gasteiger partial charge in [-0.2, -0.15) is 0 Å². The lowest BCUT2D eigenvalue weighted by molar-refractivity contribution is 0.521. The van der Waals surface area contributed by atoms with Gasteiger partial charge in [-0.05, 0) is 36.0 Å². The van der Waals surface area contributed by atoms with E-state index in [4.69, 9.17) is 11.6 Å². The molecule has 0 bridgehead atoms. The summed E-state index contributed by atoms with van der Waals surface area (Å²) in [6, 6.07) is 8.22. The highest BCUT2D eigenvalue weighted by Crippen LogP contribution is 2.26. The third-order valence-electron chi connectivity index (χ3n) is 2.62. The largest absolute Gasteiger partial charge is 0.0921 e. The number of hydrogen-bond acceptors (Lipinski definition) is 0. The molecule has 1 aromatic carbocycles. The molecule has 2 heteroatoms. The molecule has 0 aliphatic carbocycles. The first-order chi connectivity index (χ1) is 7.13. The fourth-order valence-electron chi connectivity index (χ4n) is 1.60. The van der Waals surface area contributed by atoms with Crippen LogP contribution < -0.4 is 0 Å². The maximum Gasteiger partial charge on any atom is 0.0406 e. The average Bonchev–Trinajstić information content (AvgIpc) is 2.21. The highest BCUT2D eigenvalue weighted by atomic mass is 79.9. The van der Waals surface area contributed by atoms with Crippen LogP contribution in [0.2, 0.25) is 5.02 Å². The third kappa shape index (κ3) is 4.56. The van der Waals surface area contributed by atoms with Crippen LogP contribution in [-0.2, 0) is 0 Å². The van der Waals surface area contributed by atoms with E-state index in [-0.39, 0.29) is 0 Å². The second-order valence-corrected chi connectivity index (χ2v) is 5.46. The van der Waals surface area contributed by atoms with Crippen LogP contribution in [0.3, 0.4) is 0 Å². The molecule has 1 rings (SSSR count). The van der Waals surface area contributed by atoms with E-state index in [9.17, 15) is 0 Å². The maximum absolute atomic E-state index is 5.88. The Morgan fingerprint density at radius 3 is 2.20 bits per heavy atom. The van der Waals surface area contributed by atoms with Crippen molar-refractivity contribution in [1.29, 1.82) is 0 Å². The standard InChI is InChI=1S/C13H18BrCl/c1-10(2)3-4-12(9-14)11-5-7-13(15)8-6-11/h5-8,10,12H,3-4,9H2,1-2H3. The molecule has 0 aliphatic rings. The van der Waals surface area contributed by atoms with Crippen molar-refractivity contribution in [2.24, 2.45) is 5.92 Å². The zero-order valence-electron chi connectivity index (χ0n) is 9.34. The van der Waals surface area contributed by atoms with Gasteiger partial charge in [-0.15, -0.1) is 0 Å². The molecular weight excluding hydrogens is 272 g/mol. The van der Waals surface area contributed by atoms with Crippen molar-refractivity contribution in [3.05, 3.63) is 34.9 Å². The Morgan fingerprint density at radius 1 is 1.13 bits per heavy atom. The summed E-state index contributed by atoms with van der Waals surface area (Å²) >= 11 is 9.46. The number of hydrogen-bond donors (Lipinski definition) is 0. The summed E-state index contributed by atoms with van der Waals surface area (Å²) in [5.74, 6) is 1.39. The van der Waals surface area contributed by atoms with Gasteiger partial charge in [-0.3, -0.25) is 0 Å². The Bertz CT molecular complexity index is 279. The van der Waals surface area contributed by atoms with E-state index in [1.165, 1.54) is 18.4 Å². The number of alkyl halides is 1. The Hall–Kier alpha value is -0.0100. The fraction of sp³-hybridized carbons (Fsp3) is 0.538. The van der Waals surface area contributed by atoms with Crippen LogP contribution in [-0.4, -0.2) is 5.33 Å². The van der Waals surface area contributed by atoms with Gasteiger partial charge in [0.15, 0.2) is 0 Å². The summed E-state index contributed by atoms with van der Waals surface area (Å²) in [6.45, 7) is 4.54. The van der Waals surface area contributed by atoms with E-state index >= 15 is 0 Å². The molecule has 0 aliphatic heterocycles. The van der Waals surface area contributed by atoms with Gasteiger partial charge in [0.05, 0.1) is 0 Å². The monoisotopic (exact) mass is 288 g/mol. The Kier molecular flexibility index (Phi) is 5.70. The smallest absolute Gasteiger partial charge is 0.0406 e. The summed E-state index contributed by atoms with van der Waals surface area (Å²) in [4.78, 5) is 0. The summed E-state index contributed by atoms with van der Waals surface area (Å²) in [5, 5.41) is 1.84. The molecule has 0 nitrogen and oxygen atoms in total. The van der Waals surface area contributed by atoms with E-state index in [1.807, 2.05) is 12.1 Å². The molecular formula is C13H18BrCl. The molecule has 0 saturated carbocycles. The van der Waals surface area contributed by atoms with Gasteiger partial charge in [-0.1, -0.05) is 59.9 Å². The minimum absolute atomic E-state index is 0.615. The van der Waals surface area contributed by atoms with Crippen LogP contribution in [0.15, 0.2) is 24.3 Å². The topological polar surface area (TPSA) is 0 Å². The normalized spacial score (nSPS) is 13.1. The summed E-state index contributed by atoms with van der Waals surface area (Å²) < 4.78 is 0. The van der Waals surface area contributed by atoms with Gasteiger partial charge >= 0.3 is 0 Å². The van der Waals surface area contributed by atoms with Crippen molar-refractivity contribution in [3.63, 3.8) is 0 Å². The Balaban J connectivity index is 2.61. The van der Waals surface area contributed by atoms with Crippen molar-refractivity contribution in [3.8, 4) is 0 Å². The molecule has 0 heterocycles. The second kappa shape index (κ2) is 6.55. The molecule has 0 spiro atoms. The van der Waals surface area contributed by atoms with Gasteiger partial charge in [-0.25, -0.2) is 0 Å². The minimum Gasteiger partial charge on any atom is -0.0921 e. The first-order valence-corrected chi connectivity index (χ1v) is 6.95. The van der Waals surface area contributed by atoms with Gasteiger partial charge in [0.1, 0.15) is 0 Å². The van der Waals surface area contributed by atoms with Crippen LogP contribution in [0.25, 0.3) is 0 Å². The molecule has 1 unspecified atom stereocenters. The van der Waals surface area contributed by atoms with Crippen molar-refractivity contribution in [2.75, 3.05) is 5.33 Å². The Morgan fingerprint density at radius 2 is 1.73 bits per heavy atom. The van der Waals surface area contributed by atoms with Gasteiger partial charge < -0.3 is 0 Å². The highest BCUT2D eigenvalue weighted by molar-refractivity contribution is 9.09. The van der Waals surface area contributed by atoms with E-state index in [0.29, 0.717) is 5.92 Å². The summed E-state index contributed by atoms with van der Waals surface area (Å²) in [7, 11) is 0. The van der Waals surface area contributed by atoms with Gasteiger partial charge in [0.25, 0.3) is 0 Å². The summed E-state index contributed by atoms with van der Waals surface area (Å²) in [5.41, 5.74) is 1.39. The molecule has 0 fully saturated rings. The number of benzene rings is 1. The number of halogens is 2. The highest BCUT2D eigenvalue weighted by Gasteiger charge is 2.10. The molecule has 0 amide bonds. The maximum atomic E-state index is 5.88. The predicted octanol–water partition coefficient (Wildman–Crippen LogP) is 5.25. The molecule has 0 N–H and O–H groups in total. The molecule has 1 aromatic rings. The summed E-state index contributed by atoms with van der Waals surface area (Å²) in [6.07, 6.45) is 2.52. The zero-order valence-corrected chi connectivity index (χ0v) is 11.7. The van der Waals surface area contributed by atoms with Gasteiger partial charge in [0, 0.05) is 10.4 Å². The van der Waals surface area contributed by atoms with Crippen LogP contribution in [0.5, 0.6) is 0 Å². The predicted molar refractivity (Wildman–Crippen MR) is 72.1 cm³/mol. The van der Waals surface area contributed by atoms with Gasteiger partial charge in [0.2, 0.25) is 0 Å². The van der Waals surface area contributed by atoms with E-state index in [1.54, 1.807) is 0 Å². The number of rotatable bonds is 5. The first kappa shape index (κ1) is 13.1. The Labute approximate surface area is 106 Å². The van der Waals surface area contributed by atoms with Crippen LogP contribution >= 0.6 is 27.5 Å². The van der Waals surface area contributed by atoms with Crippen LogP contribution in [0.1, 0.15) is 38.2 Å². The van der Waals surface area contributed by atoms with E-state index in [2.05, 4.69) is 41.9 Å². The second-order valence-electron chi connectivity index (χ2n) is 4.37. The lowest BCUT2D eigenvalue weighted by atomic mass is 9.93. The average molecular weight is 290 g/mol. The SMILES string of the molecule is CC(C)CCC(CBr)c1ccc(Cl)cc1. The van der Waals surface area contributed by atoms with Crippen molar-refractivity contribution in [1.82, 2.24) is 0 Å². The molecule has 84 valence electrons. The van der Waals surface area contributed by atoms with Crippen molar-refractivity contribution in [2.45, 2.75) is 32.6 Å². The third-order valence-corrected chi connectivity index (χ3v) is 3.65. The lowest BCUT2D eigenvalue weighted by Gasteiger charge is -2.15. The first-order valence-electron chi connectivity index (χ1n) is 5.45. The minimum atomic E-state index is 0.615. The molecule has 0 saturated heterocycles. The molecule has 0 radical (unpaired) electrons. The van der Waals surface area contributed by atoms with Crippen molar-refractivity contribution < 1.29 is 0 Å². The van der Waals surface area contributed by atoms with Crippen LogP contribution in [0.4, 0.5) is 0 Å². The quantitative estimate of drug-likeness (QED) is 0.649. The fourth-order valence-corrected chi connectivity index (χ4v) is 2.43.